The highest BCUT2D eigenvalue weighted by atomic mass is 79.9. The number of rotatable bonds is 6. The van der Waals surface area contributed by atoms with Crippen LogP contribution < -0.4 is 5.32 Å². The van der Waals surface area contributed by atoms with Gasteiger partial charge in [-0.2, -0.15) is 0 Å². The van der Waals surface area contributed by atoms with E-state index in [0.29, 0.717) is 0 Å². The first-order valence-electron chi connectivity index (χ1n) is 9.87. The van der Waals surface area contributed by atoms with Crippen LogP contribution in [-0.4, -0.2) is 42.1 Å². The molecule has 3 aromatic carbocycles. The summed E-state index contributed by atoms with van der Waals surface area (Å²) in [5.41, 5.74) is 3.16. The summed E-state index contributed by atoms with van der Waals surface area (Å²) in [6, 6.07) is 18.9. The van der Waals surface area contributed by atoms with Gasteiger partial charge < -0.3 is 10.2 Å². The summed E-state index contributed by atoms with van der Waals surface area (Å²) in [5.74, 6) is 1.64. The Hall–Kier alpha value is -2.50. The largest absolute Gasteiger partial charge is 0.369 e. The fraction of sp³-hybridized carbons (Fsp3) is 0.250. The molecular formula is C24H25BrN4. The first kappa shape index (κ1) is 19.8. The molecule has 1 aromatic heterocycles. The second-order valence-corrected chi connectivity index (χ2v) is 8.48. The zero-order valence-corrected chi connectivity index (χ0v) is 18.6. The topological polar surface area (TPSA) is 41.0 Å². The Morgan fingerprint density at radius 3 is 2.59 bits per heavy atom. The number of hydrogen-bond donors (Lipinski definition) is 1. The zero-order chi connectivity index (χ0) is 20.4. The second-order valence-electron chi connectivity index (χ2n) is 7.63. The number of para-hydroxylation sites is 1. The normalized spacial score (nSPS) is 11.5. The van der Waals surface area contributed by atoms with Crippen LogP contribution in [0.15, 0.2) is 59.1 Å². The maximum Gasteiger partial charge on any atom is 0.162 e. The van der Waals surface area contributed by atoms with Gasteiger partial charge in [0.25, 0.3) is 0 Å². The molecule has 1 heterocycles. The maximum atomic E-state index is 4.93. The van der Waals surface area contributed by atoms with Crippen molar-refractivity contribution in [3.63, 3.8) is 0 Å². The third kappa shape index (κ3) is 4.26. The van der Waals surface area contributed by atoms with Crippen LogP contribution in [0.4, 0.5) is 5.82 Å². The fourth-order valence-electron chi connectivity index (χ4n) is 3.55. The average molecular weight is 449 g/mol. The van der Waals surface area contributed by atoms with Crippen molar-refractivity contribution in [1.82, 2.24) is 14.9 Å². The average Bonchev–Trinajstić information content (AvgIpc) is 2.71. The summed E-state index contributed by atoms with van der Waals surface area (Å²) >= 11 is 3.72. The highest BCUT2D eigenvalue weighted by Gasteiger charge is 2.12. The summed E-state index contributed by atoms with van der Waals surface area (Å²) in [4.78, 5) is 12.0. The van der Waals surface area contributed by atoms with Crippen molar-refractivity contribution in [3.8, 4) is 11.4 Å². The Labute approximate surface area is 180 Å². The molecule has 0 atom stereocenters. The molecule has 4 nitrogen and oxygen atoms in total. The third-order valence-corrected chi connectivity index (χ3v) is 5.73. The van der Waals surface area contributed by atoms with Crippen molar-refractivity contribution >= 4 is 43.4 Å². The smallest absolute Gasteiger partial charge is 0.162 e. The van der Waals surface area contributed by atoms with E-state index in [-0.39, 0.29) is 0 Å². The Balaban J connectivity index is 1.79. The van der Waals surface area contributed by atoms with Crippen LogP contribution in [0, 0.1) is 6.92 Å². The molecule has 29 heavy (non-hydrogen) atoms. The minimum atomic E-state index is 0.744. The molecule has 0 saturated carbocycles. The molecule has 0 spiro atoms. The second kappa shape index (κ2) is 8.47. The van der Waals surface area contributed by atoms with Gasteiger partial charge >= 0.3 is 0 Å². The molecule has 0 radical (unpaired) electrons. The minimum Gasteiger partial charge on any atom is -0.369 e. The van der Waals surface area contributed by atoms with E-state index in [1.807, 2.05) is 0 Å². The number of fused-ring (bicyclic) bond motifs is 2. The van der Waals surface area contributed by atoms with Gasteiger partial charge in [-0.15, -0.1) is 0 Å². The standard InChI is InChI=1S/C24H25BrN4/c1-16-8-6-11-20-22(16)27-23(28-24(20)26-12-7-13-29(2)3)18-14-17-9-4-5-10-19(17)21(25)15-18/h4-6,8-11,14-15H,7,12-13H2,1-3H3,(H,26,27,28). The molecule has 5 heteroatoms. The van der Waals surface area contributed by atoms with E-state index >= 15 is 0 Å². The van der Waals surface area contributed by atoms with Crippen LogP contribution in [0.1, 0.15) is 12.0 Å². The number of benzene rings is 3. The lowest BCUT2D eigenvalue weighted by molar-refractivity contribution is 0.405. The van der Waals surface area contributed by atoms with E-state index < -0.39 is 0 Å². The quantitative estimate of drug-likeness (QED) is 0.373. The summed E-state index contributed by atoms with van der Waals surface area (Å²) in [6.07, 6.45) is 1.06. The van der Waals surface area contributed by atoms with Crippen molar-refractivity contribution in [2.75, 3.05) is 32.5 Å². The summed E-state index contributed by atoms with van der Waals surface area (Å²) in [6.45, 7) is 4.02. The first-order chi connectivity index (χ1) is 14.0. The van der Waals surface area contributed by atoms with Gasteiger partial charge in [0.1, 0.15) is 5.82 Å². The molecule has 1 N–H and O–H groups in total. The summed E-state index contributed by atoms with van der Waals surface area (Å²) in [7, 11) is 4.19. The van der Waals surface area contributed by atoms with Crippen molar-refractivity contribution in [3.05, 3.63) is 64.6 Å². The lowest BCUT2D eigenvalue weighted by atomic mass is 10.1. The lowest BCUT2D eigenvalue weighted by Gasteiger charge is -2.14. The lowest BCUT2D eigenvalue weighted by Crippen LogP contribution is -2.17. The van der Waals surface area contributed by atoms with Crippen LogP contribution >= 0.6 is 15.9 Å². The molecule has 0 bridgehead atoms. The molecule has 0 saturated heterocycles. The molecule has 4 aromatic rings. The monoisotopic (exact) mass is 448 g/mol. The van der Waals surface area contributed by atoms with Gasteiger partial charge in [0.05, 0.1) is 5.52 Å². The van der Waals surface area contributed by atoms with E-state index in [4.69, 9.17) is 9.97 Å². The Kier molecular flexibility index (Phi) is 5.79. The van der Waals surface area contributed by atoms with E-state index in [1.54, 1.807) is 0 Å². The summed E-state index contributed by atoms with van der Waals surface area (Å²) < 4.78 is 1.06. The molecular weight excluding hydrogens is 424 g/mol. The van der Waals surface area contributed by atoms with Crippen LogP contribution in [-0.2, 0) is 0 Å². The fourth-order valence-corrected chi connectivity index (χ4v) is 4.16. The van der Waals surface area contributed by atoms with Crippen LogP contribution in [0.3, 0.4) is 0 Å². The number of nitrogens with one attached hydrogen (secondary N) is 1. The number of aryl methyl sites for hydroxylation is 1. The SMILES string of the molecule is Cc1cccc2c(NCCCN(C)C)nc(-c3cc(Br)c4ccccc4c3)nc12. The molecule has 0 aliphatic carbocycles. The van der Waals surface area contributed by atoms with Crippen LogP contribution in [0.25, 0.3) is 33.1 Å². The molecule has 0 aliphatic rings. The van der Waals surface area contributed by atoms with Gasteiger partial charge in [-0.3, -0.25) is 0 Å². The van der Waals surface area contributed by atoms with Gasteiger partial charge in [0.2, 0.25) is 0 Å². The van der Waals surface area contributed by atoms with Crippen molar-refractivity contribution in [2.45, 2.75) is 13.3 Å². The number of hydrogen-bond acceptors (Lipinski definition) is 4. The van der Waals surface area contributed by atoms with E-state index in [2.05, 4.69) is 102 Å². The predicted octanol–water partition coefficient (Wildman–Crippen LogP) is 5.88. The number of aromatic nitrogens is 2. The van der Waals surface area contributed by atoms with Crippen molar-refractivity contribution < 1.29 is 0 Å². The Morgan fingerprint density at radius 2 is 1.76 bits per heavy atom. The highest BCUT2D eigenvalue weighted by Crippen LogP contribution is 2.32. The van der Waals surface area contributed by atoms with Crippen molar-refractivity contribution in [1.29, 1.82) is 0 Å². The number of nitrogens with zero attached hydrogens (tertiary/aromatic N) is 3. The summed E-state index contributed by atoms with van der Waals surface area (Å²) in [5, 5.41) is 6.97. The number of halogens is 1. The molecule has 0 aliphatic heterocycles. The van der Waals surface area contributed by atoms with Gasteiger partial charge in [-0.25, -0.2) is 9.97 Å². The van der Waals surface area contributed by atoms with E-state index in [9.17, 15) is 0 Å². The van der Waals surface area contributed by atoms with Crippen LogP contribution in [0.2, 0.25) is 0 Å². The van der Waals surface area contributed by atoms with Gasteiger partial charge in [0, 0.05) is 22.0 Å². The molecule has 4 rings (SSSR count). The molecule has 0 unspecified atom stereocenters. The first-order valence-corrected chi connectivity index (χ1v) is 10.7. The van der Waals surface area contributed by atoms with E-state index in [1.165, 1.54) is 10.8 Å². The van der Waals surface area contributed by atoms with Gasteiger partial charge in [-0.1, -0.05) is 52.3 Å². The van der Waals surface area contributed by atoms with Crippen LogP contribution in [0.5, 0.6) is 0 Å². The molecule has 0 amide bonds. The minimum absolute atomic E-state index is 0.744. The number of anilines is 1. The highest BCUT2D eigenvalue weighted by molar-refractivity contribution is 9.10. The molecule has 0 fully saturated rings. The third-order valence-electron chi connectivity index (χ3n) is 5.07. The maximum absolute atomic E-state index is 4.93. The van der Waals surface area contributed by atoms with Crippen molar-refractivity contribution in [2.24, 2.45) is 0 Å². The predicted molar refractivity (Wildman–Crippen MR) is 127 cm³/mol. The van der Waals surface area contributed by atoms with E-state index in [0.717, 1.165) is 57.7 Å². The van der Waals surface area contributed by atoms with Gasteiger partial charge in [-0.05, 0) is 68.5 Å². The Bertz CT molecular complexity index is 1170. The van der Waals surface area contributed by atoms with Gasteiger partial charge in [0.15, 0.2) is 5.82 Å². The molecule has 148 valence electrons. The zero-order valence-electron chi connectivity index (χ0n) is 17.0. The Morgan fingerprint density at radius 1 is 0.966 bits per heavy atom.